The summed E-state index contributed by atoms with van der Waals surface area (Å²) >= 11 is 0. The number of hydrogen-bond acceptors (Lipinski definition) is 4. The van der Waals surface area contributed by atoms with Crippen molar-refractivity contribution in [3.63, 3.8) is 0 Å². The largest absolute Gasteiger partial charge is 0.481 e. The van der Waals surface area contributed by atoms with Gasteiger partial charge in [0.25, 0.3) is 0 Å². The lowest BCUT2D eigenvalue weighted by molar-refractivity contribution is -0.135. The van der Waals surface area contributed by atoms with Gasteiger partial charge in [0.15, 0.2) is 0 Å². The first kappa shape index (κ1) is 10.4. The van der Waals surface area contributed by atoms with Gasteiger partial charge in [-0.05, 0) is 6.92 Å². The maximum atomic E-state index is 10.4. The van der Waals surface area contributed by atoms with E-state index in [1.807, 2.05) is 5.43 Å². The Morgan fingerprint density at radius 3 is 2.58 bits per heavy atom. The summed E-state index contributed by atoms with van der Waals surface area (Å²) in [6.45, 7) is 1.49. The molecule has 0 rings (SSSR count). The molecule has 6 nitrogen and oxygen atoms in total. The molecule has 0 unspecified atom stereocenters. The van der Waals surface area contributed by atoms with Crippen LogP contribution in [0.5, 0.6) is 0 Å². The van der Waals surface area contributed by atoms with Crippen molar-refractivity contribution in [3.05, 3.63) is 0 Å². The average Bonchev–Trinajstić information content (AvgIpc) is 1.99. The second-order valence-electron chi connectivity index (χ2n) is 2.02. The number of methoxy groups -OCH3 is 1. The smallest absolute Gasteiger partial charge is 0.427 e. The van der Waals surface area contributed by atoms with Crippen molar-refractivity contribution >= 4 is 17.8 Å². The van der Waals surface area contributed by atoms with E-state index in [2.05, 4.69) is 9.84 Å². The number of amides is 1. The summed E-state index contributed by atoms with van der Waals surface area (Å²) in [6.07, 6.45) is -0.927. The molecular weight excluding hydrogens is 164 g/mol. The highest BCUT2D eigenvalue weighted by Crippen LogP contribution is 1.84. The van der Waals surface area contributed by atoms with Crippen LogP contribution >= 0.6 is 0 Å². The molecule has 0 aromatic carbocycles. The molecule has 68 valence electrons. The summed E-state index contributed by atoms with van der Waals surface area (Å²) in [5.74, 6) is -0.997. The van der Waals surface area contributed by atoms with Crippen LogP contribution < -0.4 is 5.43 Å². The van der Waals surface area contributed by atoms with E-state index in [9.17, 15) is 9.59 Å². The highest BCUT2D eigenvalue weighted by Gasteiger charge is 2.00. The van der Waals surface area contributed by atoms with Gasteiger partial charge in [0.05, 0.1) is 13.5 Å². The summed E-state index contributed by atoms with van der Waals surface area (Å²) in [5, 5.41) is 11.7. The molecule has 0 fully saturated rings. The zero-order chi connectivity index (χ0) is 9.56. The Morgan fingerprint density at radius 2 is 2.17 bits per heavy atom. The van der Waals surface area contributed by atoms with Gasteiger partial charge in [-0.2, -0.15) is 5.10 Å². The van der Waals surface area contributed by atoms with Gasteiger partial charge in [-0.25, -0.2) is 10.2 Å². The molecule has 0 saturated carbocycles. The number of hydrogen-bond donors (Lipinski definition) is 2. The van der Waals surface area contributed by atoms with Crippen molar-refractivity contribution < 1.29 is 19.4 Å². The number of carbonyl (C=O) groups is 2. The zero-order valence-electron chi connectivity index (χ0n) is 6.83. The van der Waals surface area contributed by atoms with Gasteiger partial charge in [0, 0.05) is 5.71 Å². The average molecular weight is 174 g/mol. The van der Waals surface area contributed by atoms with E-state index >= 15 is 0 Å². The maximum Gasteiger partial charge on any atom is 0.427 e. The van der Waals surface area contributed by atoms with E-state index in [0.29, 0.717) is 5.71 Å². The molecule has 12 heavy (non-hydrogen) atoms. The first-order valence-corrected chi connectivity index (χ1v) is 3.15. The van der Waals surface area contributed by atoms with Gasteiger partial charge in [-0.15, -0.1) is 0 Å². The number of nitrogens with one attached hydrogen (secondary N) is 1. The fourth-order valence-electron chi connectivity index (χ4n) is 0.445. The molecule has 2 N–H and O–H groups in total. The standard InChI is InChI=1S/C6H10N2O4/c1-4(3-5(9)10)7-8-6(11)12-2/h3H2,1-2H3,(H,8,11)(H,9,10). The third-order valence-electron chi connectivity index (χ3n) is 0.931. The van der Waals surface area contributed by atoms with Crippen LogP contribution in [0.2, 0.25) is 0 Å². The number of ether oxygens (including phenoxy) is 1. The molecule has 6 heteroatoms. The predicted molar refractivity (Wildman–Crippen MR) is 40.9 cm³/mol. The quantitative estimate of drug-likeness (QED) is 0.472. The number of carbonyl (C=O) groups excluding carboxylic acids is 1. The molecule has 0 atom stereocenters. The molecule has 0 bridgehead atoms. The maximum absolute atomic E-state index is 10.4. The summed E-state index contributed by atoms with van der Waals surface area (Å²) in [6, 6.07) is 0. The molecule has 0 heterocycles. The number of carboxylic acid groups (broad SMARTS) is 1. The molecule has 0 radical (unpaired) electrons. The Kier molecular flexibility index (Phi) is 4.43. The van der Waals surface area contributed by atoms with Crippen molar-refractivity contribution in [2.24, 2.45) is 5.10 Å². The van der Waals surface area contributed by atoms with Gasteiger partial charge in [0.1, 0.15) is 0 Å². The third kappa shape index (κ3) is 5.21. The van der Waals surface area contributed by atoms with Gasteiger partial charge in [-0.1, -0.05) is 0 Å². The van der Waals surface area contributed by atoms with Gasteiger partial charge in [0.2, 0.25) is 0 Å². The second-order valence-corrected chi connectivity index (χ2v) is 2.02. The van der Waals surface area contributed by atoms with Crippen LogP contribution in [0.1, 0.15) is 13.3 Å². The highest BCUT2D eigenvalue weighted by atomic mass is 16.5. The van der Waals surface area contributed by atoms with Crippen molar-refractivity contribution in [1.29, 1.82) is 0 Å². The Hall–Kier alpha value is -1.59. The van der Waals surface area contributed by atoms with Crippen LogP contribution in [-0.4, -0.2) is 30.0 Å². The van der Waals surface area contributed by atoms with Crippen LogP contribution in [0.4, 0.5) is 4.79 Å². The van der Waals surface area contributed by atoms with Crippen LogP contribution in [-0.2, 0) is 9.53 Å². The predicted octanol–water partition coefficient (Wildman–Crippen LogP) is 0.193. The molecular formula is C6H10N2O4. The fraction of sp³-hybridized carbons (Fsp3) is 0.500. The van der Waals surface area contributed by atoms with Crippen LogP contribution in [0, 0.1) is 0 Å². The lowest BCUT2D eigenvalue weighted by Gasteiger charge is -1.97. The van der Waals surface area contributed by atoms with Crippen LogP contribution in [0.25, 0.3) is 0 Å². The van der Waals surface area contributed by atoms with Crippen LogP contribution in [0.3, 0.4) is 0 Å². The number of aliphatic carboxylic acids is 1. The molecule has 0 aliphatic carbocycles. The molecule has 0 aromatic rings. The molecule has 1 amide bonds. The first-order chi connectivity index (χ1) is 5.56. The Balaban J connectivity index is 3.84. The Labute approximate surface area is 69.2 Å². The van der Waals surface area contributed by atoms with Crippen molar-refractivity contribution in [2.75, 3.05) is 7.11 Å². The summed E-state index contributed by atoms with van der Waals surface area (Å²) < 4.78 is 4.20. The first-order valence-electron chi connectivity index (χ1n) is 3.15. The number of carboxylic acids is 1. The number of nitrogens with zero attached hydrogens (tertiary/aromatic N) is 1. The minimum Gasteiger partial charge on any atom is -0.481 e. The monoisotopic (exact) mass is 174 g/mol. The number of hydrazone groups is 1. The molecule has 0 spiro atoms. The molecule has 0 aromatic heterocycles. The van der Waals surface area contributed by atoms with Gasteiger partial charge >= 0.3 is 12.1 Å². The minimum atomic E-state index is -0.997. The Morgan fingerprint density at radius 1 is 1.58 bits per heavy atom. The Bertz CT molecular complexity index is 212. The van der Waals surface area contributed by atoms with E-state index in [1.165, 1.54) is 14.0 Å². The van der Waals surface area contributed by atoms with E-state index in [0.717, 1.165) is 0 Å². The molecule has 0 aliphatic heterocycles. The summed E-state index contributed by atoms with van der Waals surface area (Å²) in [7, 11) is 1.19. The highest BCUT2D eigenvalue weighted by molar-refractivity contribution is 5.97. The van der Waals surface area contributed by atoms with Crippen molar-refractivity contribution in [1.82, 2.24) is 5.43 Å². The van der Waals surface area contributed by atoms with Crippen molar-refractivity contribution in [3.8, 4) is 0 Å². The van der Waals surface area contributed by atoms with E-state index in [1.54, 1.807) is 0 Å². The number of rotatable bonds is 3. The molecule has 0 aliphatic rings. The SMILES string of the molecule is COC(=O)NN=C(C)CC(=O)O. The lowest BCUT2D eigenvalue weighted by atomic mass is 10.3. The summed E-state index contributed by atoms with van der Waals surface area (Å²) in [5.41, 5.74) is 2.30. The third-order valence-corrected chi connectivity index (χ3v) is 0.931. The lowest BCUT2D eigenvalue weighted by Crippen LogP contribution is -2.19. The second kappa shape index (κ2) is 5.11. The fourth-order valence-corrected chi connectivity index (χ4v) is 0.445. The van der Waals surface area contributed by atoms with E-state index in [4.69, 9.17) is 5.11 Å². The zero-order valence-corrected chi connectivity index (χ0v) is 6.83. The van der Waals surface area contributed by atoms with Crippen molar-refractivity contribution in [2.45, 2.75) is 13.3 Å². The van der Waals surface area contributed by atoms with Crippen LogP contribution in [0.15, 0.2) is 5.10 Å². The van der Waals surface area contributed by atoms with E-state index < -0.39 is 12.1 Å². The summed E-state index contributed by atoms with van der Waals surface area (Å²) in [4.78, 5) is 20.5. The topological polar surface area (TPSA) is 88.0 Å². The molecule has 0 saturated heterocycles. The van der Waals surface area contributed by atoms with Gasteiger partial charge < -0.3 is 9.84 Å². The van der Waals surface area contributed by atoms with Gasteiger partial charge in [-0.3, -0.25) is 4.79 Å². The normalized spacial score (nSPS) is 10.7. The van der Waals surface area contributed by atoms with E-state index in [-0.39, 0.29) is 6.42 Å². The minimum absolute atomic E-state index is 0.204.